The molecule has 2 N–H and O–H groups in total. The van der Waals surface area contributed by atoms with Crippen LogP contribution in [0.5, 0.6) is 5.75 Å². The first-order valence-electron chi connectivity index (χ1n) is 11.3. The van der Waals surface area contributed by atoms with Crippen molar-refractivity contribution in [3.8, 4) is 5.75 Å². The highest BCUT2D eigenvalue weighted by atomic mass is 32.2. The summed E-state index contributed by atoms with van der Waals surface area (Å²) in [6, 6.07) is 22.2. The average Bonchev–Trinajstić information content (AvgIpc) is 3.41. The Bertz CT molecular complexity index is 1240. The zero-order valence-electron chi connectivity index (χ0n) is 19.3. The van der Waals surface area contributed by atoms with E-state index < -0.39 is 10.0 Å². The molecule has 0 radical (unpaired) electrons. The first kappa shape index (κ1) is 23.8. The van der Waals surface area contributed by atoms with Crippen molar-refractivity contribution in [2.75, 3.05) is 30.8 Å². The van der Waals surface area contributed by atoms with Gasteiger partial charge in [0.15, 0.2) is 0 Å². The van der Waals surface area contributed by atoms with E-state index in [1.807, 2.05) is 42.5 Å². The van der Waals surface area contributed by atoms with Crippen molar-refractivity contribution in [3.63, 3.8) is 0 Å². The van der Waals surface area contributed by atoms with Crippen molar-refractivity contribution in [2.45, 2.75) is 30.7 Å². The second-order valence-electron chi connectivity index (χ2n) is 8.29. The Hall–Kier alpha value is -3.36. The number of amides is 1. The van der Waals surface area contributed by atoms with Crippen LogP contribution >= 0.6 is 0 Å². The summed E-state index contributed by atoms with van der Waals surface area (Å²) in [6.45, 7) is 3.04. The van der Waals surface area contributed by atoms with Crippen LogP contribution in [-0.4, -0.2) is 38.8 Å². The van der Waals surface area contributed by atoms with Crippen molar-refractivity contribution < 1.29 is 17.9 Å². The van der Waals surface area contributed by atoms with Crippen LogP contribution in [0.3, 0.4) is 0 Å². The van der Waals surface area contributed by atoms with E-state index >= 15 is 0 Å². The first-order chi connectivity index (χ1) is 16.4. The highest BCUT2D eigenvalue weighted by Gasteiger charge is 2.30. The van der Waals surface area contributed by atoms with Gasteiger partial charge in [0.1, 0.15) is 10.6 Å². The summed E-state index contributed by atoms with van der Waals surface area (Å²) in [6.07, 6.45) is 1.66. The summed E-state index contributed by atoms with van der Waals surface area (Å²) in [5.74, 6) is -0.162. The van der Waals surface area contributed by atoms with Gasteiger partial charge in [-0.1, -0.05) is 30.3 Å². The maximum atomic E-state index is 13.1. The molecule has 1 saturated heterocycles. The second kappa shape index (κ2) is 10.3. The number of carbonyl (C=O) groups excluding carboxylic acids is 1. The molecule has 0 aromatic heterocycles. The van der Waals surface area contributed by atoms with Crippen molar-refractivity contribution in [1.82, 2.24) is 4.31 Å². The van der Waals surface area contributed by atoms with Crippen LogP contribution in [-0.2, 0) is 10.0 Å². The number of anilines is 2. The van der Waals surface area contributed by atoms with E-state index in [-0.39, 0.29) is 28.2 Å². The molecule has 1 heterocycles. The Kier molecular flexibility index (Phi) is 7.19. The predicted molar refractivity (Wildman–Crippen MR) is 134 cm³/mol. The maximum absolute atomic E-state index is 13.1. The topological polar surface area (TPSA) is 87.7 Å². The Morgan fingerprint density at radius 1 is 0.941 bits per heavy atom. The van der Waals surface area contributed by atoms with Gasteiger partial charge in [-0.25, -0.2) is 8.42 Å². The third-order valence-electron chi connectivity index (χ3n) is 5.93. The lowest BCUT2D eigenvalue weighted by atomic mass is 10.1. The van der Waals surface area contributed by atoms with Crippen LogP contribution in [0.4, 0.5) is 11.4 Å². The van der Waals surface area contributed by atoms with Gasteiger partial charge in [-0.2, -0.15) is 4.31 Å². The Labute approximate surface area is 200 Å². The molecular weight excluding hydrogens is 450 g/mol. The van der Waals surface area contributed by atoms with Gasteiger partial charge in [0.05, 0.1) is 7.11 Å². The van der Waals surface area contributed by atoms with Gasteiger partial charge in [-0.05, 0) is 67.8 Å². The molecule has 8 heteroatoms. The third-order valence-corrected chi connectivity index (χ3v) is 7.85. The summed E-state index contributed by atoms with van der Waals surface area (Å²) >= 11 is 0. The zero-order valence-corrected chi connectivity index (χ0v) is 20.1. The molecule has 7 nitrogen and oxygen atoms in total. The number of methoxy groups -OCH3 is 1. The zero-order chi connectivity index (χ0) is 24.1. The lowest BCUT2D eigenvalue weighted by Crippen LogP contribution is -2.28. The van der Waals surface area contributed by atoms with Crippen LogP contribution < -0.4 is 15.4 Å². The van der Waals surface area contributed by atoms with Crippen molar-refractivity contribution in [3.05, 3.63) is 83.9 Å². The van der Waals surface area contributed by atoms with E-state index in [9.17, 15) is 13.2 Å². The number of carbonyl (C=O) groups is 1. The van der Waals surface area contributed by atoms with E-state index in [0.29, 0.717) is 18.8 Å². The van der Waals surface area contributed by atoms with Gasteiger partial charge >= 0.3 is 0 Å². The third kappa shape index (κ3) is 5.24. The fourth-order valence-corrected chi connectivity index (χ4v) is 5.71. The minimum absolute atomic E-state index is 0.0130. The van der Waals surface area contributed by atoms with Gasteiger partial charge in [0.2, 0.25) is 10.0 Å². The van der Waals surface area contributed by atoms with Crippen LogP contribution in [0.1, 0.15) is 41.7 Å². The minimum atomic E-state index is -3.73. The summed E-state index contributed by atoms with van der Waals surface area (Å²) in [4.78, 5) is 12.9. The molecule has 4 rings (SSSR count). The standard InChI is InChI=1S/C26H29N3O4S/c1-19(20-8-4-3-5-9-20)27-22-11-13-23(14-12-22)28-26(30)21-10-15-24(33-2)25(18-21)34(31,32)29-16-6-7-17-29/h3-5,8-15,18-19,27H,6-7,16-17H2,1-2H3,(H,28,30). The average molecular weight is 480 g/mol. The van der Waals surface area contributed by atoms with Gasteiger partial charge < -0.3 is 15.4 Å². The van der Waals surface area contributed by atoms with Gasteiger partial charge in [-0.15, -0.1) is 0 Å². The number of benzene rings is 3. The number of nitrogens with zero attached hydrogens (tertiary/aromatic N) is 1. The number of hydrogen-bond donors (Lipinski definition) is 2. The Balaban J connectivity index is 1.47. The second-order valence-corrected chi connectivity index (χ2v) is 10.2. The lowest BCUT2D eigenvalue weighted by Gasteiger charge is -2.18. The monoisotopic (exact) mass is 479 g/mol. The predicted octanol–water partition coefficient (Wildman–Crippen LogP) is 4.91. The molecule has 0 saturated carbocycles. The Morgan fingerprint density at radius 3 is 2.24 bits per heavy atom. The van der Waals surface area contributed by atoms with Gasteiger partial charge in [-0.3, -0.25) is 4.79 Å². The SMILES string of the molecule is COc1ccc(C(=O)Nc2ccc(NC(C)c3ccccc3)cc2)cc1S(=O)(=O)N1CCCC1. The summed E-state index contributed by atoms with van der Waals surface area (Å²) < 4.78 is 32.9. The molecule has 0 aliphatic carbocycles. The quantitative estimate of drug-likeness (QED) is 0.480. The van der Waals surface area contributed by atoms with Gasteiger partial charge in [0.25, 0.3) is 5.91 Å². The number of sulfonamides is 1. The minimum Gasteiger partial charge on any atom is -0.495 e. The van der Waals surface area contributed by atoms with Crippen molar-refractivity contribution in [2.24, 2.45) is 0 Å². The van der Waals surface area contributed by atoms with Crippen molar-refractivity contribution >= 4 is 27.3 Å². The van der Waals surface area contributed by atoms with E-state index in [2.05, 4.69) is 29.7 Å². The molecule has 3 aromatic rings. The number of ether oxygens (including phenoxy) is 1. The molecule has 1 aliphatic rings. The number of hydrogen-bond acceptors (Lipinski definition) is 5. The molecule has 1 unspecified atom stereocenters. The first-order valence-corrected chi connectivity index (χ1v) is 12.7. The fraction of sp³-hybridized carbons (Fsp3) is 0.269. The van der Waals surface area contributed by atoms with E-state index in [1.54, 1.807) is 6.07 Å². The molecule has 1 atom stereocenters. The summed E-state index contributed by atoms with van der Waals surface area (Å²) in [7, 11) is -2.31. The molecule has 3 aromatic carbocycles. The largest absolute Gasteiger partial charge is 0.495 e. The maximum Gasteiger partial charge on any atom is 0.255 e. The molecule has 0 spiro atoms. The Morgan fingerprint density at radius 2 is 1.59 bits per heavy atom. The van der Waals surface area contributed by atoms with Crippen molar-refractivity contribution in [1.29, 1.82) is 0 Å². The molecule has 178 valence electrons. The molecular formula is C26H29N3O4S. The van der Waals surface area contributed by atoms with E-state index in [0.717, 1.165) is 18.5 Å². The van der Waals surface area contributed by atoms with Crippen LogP contribution in [0, 0.1) is 0 Å². The molecule has 1 fully saturated rings. The highest BCUT2D eigenvalue weighted by molar-refractivity contribution is 7.89. The molecule has 1 aliphatic heterocycles. The smallest absolute Gasteiger partial charge is 0.255 e. The summed E-state index contributed by atoms with van der Waals surface area (Å²) in [5, 5.41) is 6.28. The van der Waals surface area contributed by atoms with Crippen LogP contribution in [0.2, 0.25) is 0 Å². The lowest BCUT2D eigenvalue weighted by molar-refractivity contribution is 0.102. The number of rotatable bonds is 8. The van der Waals surface area contributed by atoms with E-state index in [4.69, 9.17) is 4.74 Å². The highest BCUT2D eigenvalue weighted by Crippen LogP contribution is 2.30. The molecule has 34 heavy (non-hydrogen) atoms. The number of nitrogens with one attached hydrogen (secondary N) is 2. The van der Waals surface area contributed by atoms with Gasteiger partial charge in [0, 0.05) is 36.1 Å². The van der Waals surface area contributed by atoms with Crippen LogP contribution in [0.15, 0.2) is 77.7 Å². The molecule has 0 bridgehead atoms. The normalized spacial score (nSPS) is 15.0. The summed E-state index contributed by atoms with van der Waals surface area (Å²) in [5.41, 5.74) is 2.97. The van der Waals surface area contributed by atoms with E-state index in [1.165, 1.54) is 29.1 Å². The fourth-order valence-electron chi connectivity index (χ4n) is 4.02. The molecule has 1 amide bonds. The van der Waals surface area contributed by atoms with Crippen LogP contribution in [0.25, 0.3) is 0 Å².